The molecule has 4 nitrogen and oxygen atoms in total. The van der Waals surface area contributed by atoms with Crippen molar-refractivity contribution in [2.75, 3.05) is 6.54 Å². The molecule has 0 aliphatic heterocycles. The van der Waals surface area contributed by atoms with Crippen LogP contribution in [0, 0.1) is 0 Å². The molecule has 1 fully saturated rings. The number of carboxylic acids is 1. The Kier molecular flexibility index (Phi) is 3.29. The molecule has 1 heterocycles. The van der Waals surface area contributed by atoms with Crippen LogP contribution < -0.4 is 0 Å². The van der Waals surface area contributed by atoms with Crippen LogP contribution in [0.5, 0.6) is 0 Å². The summed E-state index contributed by atoms with van der Waals surface area (Å²) in [7, 11) is 0. The SMILES string of the molecule is CCCN(Cc1ccc(C(=O)O)o1)C1CC1. The number of hydrogen-bond acceptors (Lipinski definition) is 3. The van der Waals surface area contributed by atoms with Gasteiger partial charge in [-0.25, -0.2) is 4.79 Å². The summed E-state index contributed by atoms with van der Waals surface area (Å²) in [4.78, 5) is 13.0. The summed E-state index contributed by atoms with van der Waals surface area (Å²) in [6.45, 7) is 3.93. The van der Waals surface area contributed by atoms with E-state index in [1.165, 1.54) is 18.9 Å². The van der Waals surface area contributed by atoms with Crippen LogP contribution in [-0.4, -0.2) is 28.6 Å². The lowest BCUT2D eigenvalue weighted by Crippen LogP contribution is -2.26. The molecular weight excluding hydrogens is 206 g/mol. The average Bonchev–Trinajstić information content (AvgIpc) is 2.98. The summed E-state index contributed by atoms with van der Waals surface area (Å²) in [5.41, 5.74) is 0. The van der Waals surface area contributed by atoms with E-state index in [1.54, 1.807) is 6.07 Å². The fourth-order valence-electron chi connectivity index (χ4n) is 1.90. The van der Waals surface area contributed by atoms with Gasteiger partial charge < -0.3 is 9.52 Å². The van der Waals surface area contributed by atoms with Gasteiger partial charge in [-0.15, -0.1) is 0 Å². The number of aromatic carboxylic acids is 1. The Balaban J connectivity index is 1.97. The third-order valence-electron chi connectivity index (χ3n) is 2.81. The molecule has 1 aliphatic carbocycles. The van der Waals surface area contributed by atoms with Crippen molar-refractivity contribution in [2.24, 2.45) is 0 Å². The van der Waals surface area contributed by atoms with Crippen molar-refractivity contribution in [3.63, 3.8) is 0 Å². The molecule has 2 rings (SSSR count). The molecule has 0 saturated heterocycles. The number of rotatable bonds is 6. The first-order valence-corrected chi connectivity index (χ1v) is 5.76. The standard InChI is InChI=1S/C12H17NO3/c1-2-7-13(9-3-4-9)8-10-5-6-11(16-10)12(14)15/h5-6,9H,2-4,7-8H2,1H3,(H,14,15). The Morgan fingerprint density at radius 1 is 1.56 bits per heavy atom. The van der Waals surface area contributed by atoms with Crippen molar-refractivity contribution in [3.8, 4) is 0 Å². The number of nitrogens with zero attached hydrogens (tertiary/aromatic N) is 1. The number of carboxylic acid groups (broad SMARTS) is 1. The zero-order chi connectivity index (χ0) is 11.5. The van der Waals surface area contributed by atoms with Crippen LogP contribution in [0.25, 0.3) is 0 Å². The molecule has 0 unspecified atom stereocenters. The largest absolute Gasteiger partial charge is 0.475 e. The van der Waals surface area contributed by atoms with Gasteiger partial charge in [0.15, 0.2) is 0 Å². The van der Waals surface area contributed by atoms with E-state index in [0.717, 1.165) is 25.3 Å². The molecule has 88 valence electrons. The lowest BCUT2D eigenvalue weighted by Gasteiger charge is -2.19. The topological polar surface area (TPSA) is 53.7 Å². The fourth-order valence-corrected chi connectivity index (χ4v) is 1.90. The molecule has 0 spiro atoms. The highest BCUT2D eigenvalue weighted by molar-refractivity contribution is 5.84. The van der Waals surface area contributed by atoms with Gasteiger partial charge in [-0.05, 0) is 37.9 Å². The summed E-state index contributed by atoms with van der Waals surface area (Å²) in [5.74, 6) is -0.222. The van der Waals surface area contributed by atoms with Gasteiger partial charge in [0.05, 0.1) is 6.54 Å². The molecule has 1 saturated carbocycles. The predicted octanol–water partition coefficient (Wildman–Crippen LogP) is 2.35. The second-order valence-electron chi connectivity index (χ2n) is 4.27. The van der Waals surface area contributed by atoms with Crippen LogP contribution in [0.4, 0.5) is 0 Å². The van der Waals surface area contributed by atoms with Crippen molar-refractivity contribution in [2.45, 2.75) is 38.8 Å². The Hall–Kier alpha value is -1.29. The van der Waals surface area contributed by atoms with Crippen LogP contribution in [0.15, 0.2) is 16.5 Å². The minimum atomic E-state index is -1.00. The second kappa shape index (κ2) is 4.70. The van der Waals surface area contributed by atoms with Gasteiger partial charge in [-0.1, -0.05) is 6.92 Å². The molecule has 0 radical (unpaired) electrons. The van der Waals surface area contributed by atoms with Crippen molar-refractivity contribution < 1.29 is 14.3 Å². The van der Waals surface area contributed by atoms with Gasteiger partial charge in [-0.3, -0.25) is 4.90 Å². The maximum absolute atomic E-state index is 10.7. The van der Waals surface area contributed by atoms with Gasteiger partial charge in [0, 0.05) is 6.04 Å². The van der Waals surface area contributed by atoms with Crippen molar-refractivity contribution in [1.82, 2.24) is 4.90 Å². The summed E-state index contributed by atoms with van der Waals surface area (Å²) in [5, 5.41) is 8.75. The monoisotopic (exact) mass is 223 g/mol. The third-order valence-corrected chi connectivity index (χ3v) is 2.81. The average molecular weight is 223 g/mol. The van der Waals surface area contributed by atoms with Gasteiger partial charge in [0.1, 0.15) is 5.76 Å². The molecule has 0 atom stereocenters. The maximum Gasteiger partial charge on any atom is 0.371 e. The van der Waals surface area contributed by atoms with Crippen LogP contribution >= 0.6 is 0 Å². The van der Waals surface area contributed by atoms with E-state index in [4.69, 9.17) is 9.52 Å². The maximum atomic E-state index is 10.7. The molecule has 4 heteroatoms. The molecule has 0 amide bonds. The van der Waals surface area contributed by atoms with E-state index in [9.17, 15) is 4.79 Å². The molecule has 0 bridgehead atoms. The van der Waals surface area contributed by atoms with Crippen LogP contribution in [0.1, 0.15) is 42.5 Å². The molecule has 1 aliphatic rings. The minimum absolute atomic E-state index is 0.0299. The lowest BCUT2D eigenvalue weighted by atomic mass is 10.3. The third kappa shape index (κ3) is 2.64. The van der Waals surface area contributed by atoms with Crippen molar-refractivity contribution >= 4 is 5.97 Å². The molecule has 16 heavy (non-hydrogen) atoms. The second-order valence-corrected chi connectivity index (χ2v) is 4.27. The lowest BCUT2D eigenvalue weighted by molar-refractivity contribution is 0.0658. The Bertz CT molecular complexity index is 368. The summed E-state index contributed by atoms with van der Waals surface area (Å²) < 4.78 is 5.26. The molecule has 1 aromatic rings. The van der Waals surface area contributed by atoms with Crippen LogP contribution in [0.2, 0.25) is 0 Å². The minimum Gasteiger partial charge on any atom is -0.475 e. The van der Waals surface area contributed by atoms with Crippen molar-refractivity contribution in [1.29, 1.82) is 0 Å². The fraction of sp³-hybridized carbons (Fsp3) is 0.583. The summed E-state index contributed by atoms with van der Waals surface area (Å²) in [6.07, 6.45) is 3.63. The first kappa shape index (κ1) is 11.2. The quantitative estimate of drug-likeness (QED) is 0.804. The summed E-state index contributed by atoms with van der Waals surface area (Å²) >= 11 is 0. The number of hydrogen-bond donors (Lipinski definition) is 1. The van der Waals surface area contributed by atoms with E-state index < -0.39 is 5.97 Å². The van der Waals surface area contributed by atoms with Gasteiger partial charge in [0.2, 0.25) is 5.76 Å². The van der Waals surface area contributed by atoms with E-state index >= 15 is 0 Å². The highest BCUT2D eigenvalue weighted by atomic mass is 16.4. The highest BCUT2D eigenvalue weighted by Gasteiger charge is 2.28. The van der Waals surface area contributed by atoms with Crippen LogP contribution in [0.3, 0.4) is 0 Å². The predicted molar refractivity (Wildman–Crippen MR) is 59.4 cm³/mol. The van der Waals surface area contributed by atoms with E-state index in [1.807, 2.05) is 0 Å². The van der Waals surface area contributed by atoms with E-state index in [2.05, 4.69) is 11.8 Å². The first-order valence-electron chi connectivity index (χ1n) is 5.76. The van der Waals surface area contributed by atoms with E-state index in [0.29, 0.717) is 6.04 Å². The molecule has 1 N–H and O–H groups in total. The number of furan rings is 1. The molecular formula is C12H17NO3. The Labute approximate surface area is 94.9 Å². The van der Waals surface area contributed by atoms with Crippen molar-refractivity contribution in [3.05, 3.63) is 23.7 Å². The molecule has 1 aromatic heterocycles. The number of carbonyl (C=O) groups is 1. The normalized spacial score (nSPS) is 15.6. The Morgan fingerprint density at radius 2 is 2.31 bits per heavy atom. The highest BCUT2D eigenvalue weighted by Crippen LogP contribution is 2.28. The van der Waals surface area contributed by atoms with E-state index in [-0.39, 0.29) is 5.76 Å². The van der Waals surface area contributed by atoms with Crippen LogP contribution in [-0.2, 0) is 6.54 Å². The van der Waals surface area contributed by atoms with Gasteiger partial charge in [-0.2, -0.15) is 0 Å². The first-order chi connectivity index (χ1) is 7.70. The zero-order valence-corrected chi connectivity index (χ0v) is 9.48. The smallest absolute Gasteiger partial charge is 0.371 e. The zero-order valence-electron chi connectivity index (χ0n) is 9.48. The summed E-state index contributed by atoms with van der Waals surface area (Å²) in [6, 6.07) is 3.96. The molecule has 0 aromatic carbocycles. The van der Waals surface area contributed by atoms with Gasteiger partial charge in [0.25, 0.3) is 0 Å². The Morgan fingerprint density at radius 3 is 2.81 bits per heavy atom. The van der Waals surface area contributed by atoms with Gasteiger partial charge >= 0.3 is 5.97 Å².